The lowest BCUT2D eigenvalue weighted by Crippen LogP contribution is -2.18. The molecule has 0 aliphatic rings. The molecule has 0 atom stereocenters. The second kappa shape index (κ2) is 5.34. The number of nitrogens with one attached hydrogen (secondary N) is 1. The van der Waals surface area contributed by atoms with Gasteiger partial charge in [-0.1, -0.05) is 23.4 Å². The van der Waals surface area contributed by atoms with Gasteiger partial charge in [0.25, 0.3) is 0 Å². The lowest BCUT2D eigenvalue weighted by Gasteiger charge is -2.01. The summed E-state index contributed by atoms with van der Waals surface area (Å²) in [5.74, 6) is 0. The van der Waals surface area contributed by atoms with Crippen LogP contribution in [0.3, 0.4) is 0 Å². The maximum absolute atomic E-state index is 11.8. The van der Waals surface area contributed by atoms with E-state index in [9.17, 15) is 9.59 Å². The van der Waals surface area contributed by atoms with Gasteiger partial charge in [0.1, 0.15) is 5.58 Å². The number of hydrogen-bond donors (Lipinski definition) is 1. The van der Waals surface area contributed by atoms with Crippen molar-refractivity contribution < 1.29 is 14.0 Å². The van der Waals surface area contributed by atoms with E-state index in [0.29, 0.717) is 5.58 Å². The van der Waals surface area contributed by atoms with Gasteiger partial charge >= 0.3 is 11.7 Å². The second-order valence-electron chi connectivity index (χ2n) is 3.79. The molecule has 19 heavy (non-hydrogen) atoms. The van der Waals surface area contributed by atoms with Crippen LogP contribution in [0.4, 0.5) is 4.79 Å². The summed E-state index contributed by atoms with van der Waals surface area (Å²) < 4.78 is 5.15. The fourth-order valence-corrected chi connectivity index (χ4v) is 1.52. The van der Waals surface area contributed by atoms with Crippen LogP contribution in [-0.4, -0.2) is 18.9 Å². The van der Waals surface area contributed by atoms with Crippen molar-refractivity contribution in [1.82, 2.24) is 5.32 Å². The second-order valence-corrected chi connectivity index (χ2v) is 3.79. The van der Waals surface area contributed by atoms with Gasteiger partial charge in [0.15, 0.2) is 0 Å². The molecule has 0 unspecified atom stereocenters. The Balaban J connectivity index is 2.42. The number of carbonyl (C=O) groups excluding carboxylic acids is 1. The van der Waals surface area contributed by atoms with Crippen LogP contribution in [0.1, 0.15) is 12.5 Å². The van der Waals surface area contributed by atoms with Crippen LogP contribution in [0.2, 0.25) is 0 Å². The van der Waals surface area contributed by atoms with Gasteiger partial charge in [0.2, 0.25) is 0 Å². The SMILES string of the molecule is CNC(=O)O/N=C(\C)c1cc2ccccc2oc1=O. The molecule has 0 saturated heterocycles. The Morgan fingerprint density at radius 3 is 2.84 bits per heavy atom. The molecule has 1 N–H and O–H groups in total. The zero-order valence-corrected chi connectivity index (χ0v) is 10.5. The van der Waals surface area contributed by atoms with E-state index >= 15 is 0 Å². The smallest absolute Gasteiger partial charge is 0.422 e. The largest absolute Gasteiger partial charge is 0.433 e. The third-order valence-corrected chi connectivity index (χ3v) is 2.50. The number of benzene rings is 1. The van der Waals surface area contributed by atoms with Crippen LogP contribution >= 0.6 is 0 Å². The van der Waals surface area contributed by atoms with E-state index in [1.807, 2.05) is 12.1 Å². The van der Waals surface area contributed by atoms with Crippen molar-refractivity contribution >= 4 is 22.8 Å². The van der Waals surface area contributed by atoms with Crippen molar-refractivity contribution in [3.63, 3.8) is 0 Å². The molecule has 0 aliphatic carbocycles. The normalized spacial score (nSPS) is 11.4. The van der Waals surface area contributed by atoms with Crippen LogP contribution in [-0.2, 0) is 4.84 Å². The van der Waals surface area contributed by atoms with Crippen molar-refractivity contribution in [2.45, 2.75) is 6.92 Å². The van der Waals surface area contributed by atoms with Crippen LogP contribution in [0, 0.1) is 0 Å². The van der Waals surface area contributed by atoms with Crippen molar-refractivity contribution in [2.24, 2.45) is 5.16 Å². The predicted molar refractivity (Wildman–Crippen MR) is 70.2 cm³/mol. The summed E-state index contributed by atoms with van der Waals surface area (Å²) in [5, 5.41) is 6.59. The van der Waals surface area contributed by atoms with Crippen LogP contribution < -0.4 is 10.9 Å². The first-order valence-electron chi connectivity index (χ1n) is 5.58. The molecule has 0 aliphatic heterocycles. The quantitative estimate of drug-likeness (QED) is 0.387. The summed E-state index contributed by atoms with van der Waals surface area (Å²) >= 11 is 0. The Bertz CT molecular complexity index is 703. The monoisotopic (exact) mass is 260 g/mol. The van der Waals surface area contributed by atoms with Crippen LogP contribution in [0.5, 0.6) is 0 Å². The van der Waals surface area contributed by atoms with Gasteiger partial charge in [-0.15, -0.1) is 0 Å². The van der Waals surface area contributed by atoms with Gasteiger partial charge in [-0.25, -0.2) is 9.59 Å². The van der Waals surface area contributed by atoms with Gasteiger partial charge in [-0.05, 0) is 19.1 Å². The highest BCUT2D eigenvalue weighted by atomic mass is 16.7. The number of amides is 1. The Morgan fingerprint density at radius 2 is 2.11 bits per heavy atom. The molecule has 1 heterocycles. The van der Waals surface area contributed by atoms with Gasteiger partial charge in [0, 0.05) is 12.4 Å². The number of hydrogen-bond acceptors (Lipinski definition) is 5. The molecule has 6 heteroatoms. The van der Waals surface area contributed by atoms with E-state index in [2.05, 4.69) is 15.3 Å². The van der Waals surface area contributed by atoms with Crippen molar-refractivity contribution in [2.75, 3.05) is 7.05 Å². The minimum absolute atomic E-state index is 0.252. The molecule has 6 nitrogen and oxygen atoms in total. The number of carbonyl (C=O) groups is 1. The average molecular weight is 260 g/mol. The van der Waals surface area contributed by atoms with Gasteiger partial charge in [-0.2, -0.15) is 0 Å². The number of para-hydroxylation sites is 1. The highest BCUT2D eigenvalue weighted by Crippen LogP contribution is 2.13. The van der Waals surface area contributed by atoms with Crippen molar-refractivity contribution in [3.05, 3.63) is 46.3 Å². The fourth-order valence-electron chi connectivity index (χ4n) is 1.52. The maximum atomic E-state index is 11.8. The molecule has 0 bridgehead atoms. The van der Waals surface area contributed by atoms with Crippen molar-refractivity contribution in [1.29, 1.82) is 0 Å². The Hall–Kier alpha value is -2.63. The minimum atomic E-state index is -0.704. The van der Waals surface area contributed by atoms with Crippen LogP contribution in [0.15, 0.2) is 44.7 Å². The summed E-state index contributed by atoms with van der Waals surface area (Å²) in [5.41, 5.74) is 0.488. The fraction of sp³-hybridized carbons (Fsp3) is 0.154. The summed E-state index contributed by atoms with van der Waals surface area (Å²) in [6.45, 7) is 1.56. The molecule has 98 valence electrons. The van der Waals surface area contributed by atoms with E-state index < -0.39 is 11.7 Å². The molecule has 0 radical (unpaired) electrons. The highest BCUT2D eigenvalue weighted by molar-refractivity contribution is 6.00. The van der Waals surface area contributed by atoms with E-state index in [0.717, 1.165) is 5.39 Å². The summed E-state index contributed by atoms with van der Waals surface area (Å²) in [6, 6.07) is 8.77. The van der Waals surface area contributed by atoms with E-state index in [-0.39, 0.29) is 11.3 Å². The lowest BCUT2D eigenvalue weighted by molar-refractivity contribution is 0.153. The number of oxime groups is 1. The zero-order chi connectivity index (χ0) is 13.8. The first-order valence-corrected chi connectivity index (χ1v) is 5.58. The number of nitrogens with zero attached hydrogens (tertiary/aromatic N) is 1. The molecule has 0 fully saturated rings. The molecule has 0 spiro atoms. The molecule has 0 saturated carbocycles. The van der Waals surface area contributed by atoms with E-state index in [4.69, 9.17) is 4.42 Å². The topological polar surface area (TPSA) is 80.9 Å². The van der Waals surface area contributed by atoms with Gasteiger partial charge < -0.3 is 9.73 Å². The molecule has 1 aromatic carbocycles. The van der Waals surface area contributed by atoms with Crippen molar-refractivity contribution in [3.8, 4) is 0 Å². The molecule has 1 amide bonds. The first-order chi connectivity index (χ1) is 9.11. The minimum Gasteiger partial charge on any atom is -0.422 e. The third kappa shape index (κ3) is 2.79. The Morgan fingerprint density at radius 1 is 1.37 bits per heavy atom. The molecule has 2 aromatic rings. The first kappa shape index (κ1) is 12.8. The standard InChI is InChI=1S/C13H12N2O4/c1-8(15-19-13(17)14-2)10-7-9-5-3-4-6-11(9)18-12(10)16/h3-7H,1-2H3,(H,14,17)/b15-8+. The third-order valence-electron chi connectivity index (χ3n) is 2.50. The van der Waals surface area contributed by atoms with E-state index in [1.165, 1.54) is 7.05 Å². The average Bonchev–Trinajstić information content (AvgIpc) is 2.43. The summed E-state index contributed by atoms with van der Waals surface area (Å²) in [6.07, 6.45) is -0.704. The lowest BCUT2D eigenvalue weighted by atomic mass is 10.1. The highest BCUT2D eigenvalue weighted by Gasteiger charge is 2.09. The molecule has 2 rings (SSSR count). The predicted octanol–water partition coefficient (Wildman–Crippen LogP) is 1.87. The van der Waals surface area contributed by atoms with Gasteiger partial charge in [-0.3, -0.25) is 4.84 Å². The summed E-state index contributed by atoms with van der Waals surface area (Å²) in [7, 11) is 1.41. The molecular weight excluding hydrogens is 248 g/mol. The number of fused-ring (bicyclic) bond motifs is 1. The Labute approximate surface area is 108 Å². The Kier molecular flexibility index (Phi) is 3.61. The maximum Gasteiger partial charge on any atom is 0.433 e. The van der Waals surface area contributed by atoms with E-state index in [1.54, 1.807) is 25.1 Å². The number of rotatable bonds is 2. The molecular formula is C13H12N2O4. The van der Waals surface area contributed by atoms with Gasteiger partial charge in [0.05, 0.1) is 11.3 Å². The summed E-state index contributed by atoms with van der Waals surface area (Å²) in [4.78, 5) is 27.2. The van der Waals surface area contributed by atoms with Crippen LogP contribution in [0.25, 0.3) is 11.0 Å². The molecule has 1 aromatic heterocycles. The zero-order valence-electron chi connectivity index (χ0n) is 10.5.